The normalized spacial score (nSPS) is 34.0. The number of hydrogen-bond donors (Lipinski definition) is 1. The molecule has 0 radical (unpaired) electrons. The summed E-state index contributed by atoms with van der Waals surface area (Å²) in [6.45, 7) is 6.86. The van der Waals surface area contributed by atoms with Crippen LogP contribution in [0.4, 0.5) is 0 Å². The molecular weight excluding hydrogens is 328 g/mol. The van der Waals surface area contributed by atoms with E-state index in [1.165, 1.54) is 11.1 Å². The van der Waals surface area contributed by atoms with Gasteiger partial charge in [0.2, 0.25) is 0 Å². The topological polar surface area (TPSA) is 29.5 Å². The molecule has 3 rings (SSSR count). The van der Waals surface area contributed by atoms with E-state index in [1.807, 2.05) is 0 Å². The van der Waals surface area contributed by atoms with Crippen LogP contribution in [0.3, 0.4) is 0 Å². The second-order valence-corrected chi connectivity index (χ2v) is 8.38. The number of benzene rings is 1. The summed E-state index contributed by atoms with van der Waals surface area (Å²) in [5, 5.41) is 10.5. The minimum atomic E-state index is -0.186. The number of ether oxygens (including phenoxy) is 1. The van der Waals surface area contributed by atoms with Gasteiger partial charge < -0.3 is 9.84 Å². The van der Waals surface area contributed by atoms with Crippen LogP contribution in [-0.4, -0.2) is 18.3 Å². The van der Waals surface area contributed by atoms with Crippen LogP contribution in [0.15, 0.2) is 16.6 Å². The Bertz CT molecular complexity index is 567. The van der Waals surface area contributed by atoms with Crippen LogP contribution in [0.5, 0.6) is 5.75 Å². The van der Waals surface area contributed by atoms with Gasteiger partial charge >= 0.3 is 0 Å². The summed E-state index contributed by atoms with van der Waals surface area (Å²) in [5.74, 6) is 1.44. The molecule has 0 aromatic heterocycles. The maximum atomic E-state index is 10.5. The Kier molecular flexibility index (Phi) is 3.65. The van der Waals surface area contributed by atoms with E-state index in [0.29, 0.717) is 5.92 Å². The number of aryl methyl sites for hydroxylation is 1. The van der Waals surface area contributed by atoms with Crippen LogP contribution in [-0.2, 0) is 11.8 Å². The fourth-order valence-corrected chi connectivity index (χ4v) is 5.39. The van der Waals surface area contributed by atoms with Crippen LogP contribution in [0.25, 0.3) is 0 Å². The summed E-state index contributed by atoms with van der Waals surface area (Å²) < 4.78 is 6.56. The number of rotatable bonds is 1. The minimum Gasteiger partial charge on any atom is -0.496 e. The van der Waals surface area contributed by atoms with Crippen molar-refractivity contribution in [2.45, 2.75) is 58.0 Å². The largest absolute Gasteiger partial charge is 0.496 e. The zero-order valence-corrected chi connectivity index (χ0v) is 15.0. The lowest BCUT2D eigenvalue weighted by atomic mass is 9.49. The molecule has 0 heterocycles. The molecule has 0 amide bonds. The lowest BCUT2D eigenvalue weighted by Gasteiger charge is -2.56. The molecule has 1 fully saturated rings. The Hall–Kier alpha value is -0.540. The van der Waals surface area contributed by atoms with E-state index in [1.54, 1.807) is 7.11 Å². The lowest BCUT2D eigenvalue weighted by molar-refractivity contribution is -0.0731. The third-order valence-electron chi connectivity index (χ3n) is 6.16. The van der Waals surface area contributed by atoms with Crippen LogP contribution in [0.2, 0.25) is 0 Å². The van der Waals surface area contributed by atoms with Crippen molar-refractivity contribution >= 4 is 15.9 Å². The third-order valence-corrected chi connectivity index (χ3v) is 6.78. The molecule has 3 unspecified atom stereocenters. The van der Waals surface area contributed by atoms with Crippen molar-refractivity contribution < 1.29 is 9.84 Å². The van der Waals surface area contributed by atoms with Gasteiger partial charge in [0, 0.05) is 0 Å². The number of hydrogen-bond acceptors (Lipinski definition) is 2. The summed E-state index contributed by atoms with van der Waals surface area (Å²) in [6.07, 6.45) is 4.01. The van der Waals surface area contributed by atoms with Gasteiger partial charge in [-0.25, -0.2) is 0 Å². The molecule has 1 aromatic carbocycles. The van der Waals surface area contributed by atoms with Gasteiger partial charge in [-0.05, 0) is 81.6 Å². The molecule has 1 aromatic rings. The Labute approximate surface area is 136 Å². The van der Waals surface area contributed by atoms with Gasteiger partial charge in [-0.15, -0.1) is 0 Å². The Morgan fingerprint density at radius 2 is 1.95 bits per heavy atom. The average Bonchev–Trinajstić information content (AvgIpc) is 2.43. The maximum Gasteiger partial charge on any atom is 0.133 e. The first kappa shape index (κ1) is 15.4. The highest BCUT2D eigenvalue weighted by Gasteiger charge is 2.53. The average molecular weight is 353 g/mol. The molecule has 1 N–H and O–H groups in total. The molecule has 2 nitrogen and oxygen atoms in total. The quantitative estimate of drug-likeness (QED) is 0.808. The molecule has 21 heavy (non-hydrogen) atoms. The van der Waals surface area contributed by atoms with Crippen molar-refractivity contribution in [3.8, 4) is 5.75 Å². The van der Waals surface area contributed by atoms with Gasteiger partial charge in [-0.3, -0.25) is 0 Å². The summed E-state index contributed by atoms with van der Waals surface area (Å²) in [4.78, 5) is 0. The highest BCUT2D eigenvalue weighted by Crippen LogP contribution is 2.57. The van der Waals surface area contributed by atoms with E-state index in [-0.39, 0.29) is 16.9 Å². The third kappa shape index (κ3) is 2.16. The molecule has 3 heteroatoms. The predicted molar refractivity (Wildman–Crippen MR) is 88.9 cm³/mol. The molecule has 0 bridgehead atoms. The summed E-state index contributed by atoms with van der Waals surface area (Å²) in [7, 11) is 1.73. The first-order valence-corrected chi connectivity index (χ1v) is 8.65. The Morgan fingerprint density at radius 3 is 2.62 bits per heavy atom. The summed E-state index contributed by atoms with van der Waals surface area (Å²) >= 11 is 3.61. The van der Waals surface area contributed by atoms with E-state index < -0.39 is 0 Å². The molecule has 0 spiro atoms. The first-order valence-electron chi connectivity index (χ1n) is 7.85. The molecule has 2 aliphatic carbocycles. The van der Waals surface area contributed by atoms with Crippen molar-refractivity contribution in [2.24, 2.45) is 11.3 Å². The van der Waals surface area contributed by atoms with E-state index in [4.69, 9.17) is 4.74 Å². The van der Waals surface area contributed by atoms with Crippen LogP contribution >= 0.6 is 15.9 Å². The molecule has 3 atom stereocenters. The number of fused-ring (bicyclic) bond motifs is 3. The Balaban J connectivity index is 2.13. The molecule has 0 aliphatic heterocycles. The van der Waals surface area contributed by atoms with Gasteiger partial charge in [0.15, 0.2) is 0 Å². The fourth-order valence-electron chi connectivity index (χ4n) is 4.84. The van der Waals surface area contributed by atoms with Gasteiger partial charge in [0.25, 0.3) is 0 Å². The van der Waals surface area contributed by atoms with Crippen molar-refractivity contribution in [3.63, 3.8) is 0 Å². The van der Waals surface area contributed by atoms with Crippen LogP contribution < -0.4 is 4.74 Å². The first-order chi connectivity index (χ1) is 9.80. The molecule has 116 valence electrons. The SMILES string of the molecule is COc1cc2c(cc1Br)CCC1C2(C)CCC(O)C1(C)C. The molecular formula is C18H25BrO2. The number of methoxy groups -OCH3 is 1. The Morgan fingerprint density at radius 1 is 1.24 bits per heavy atom. The van der Waals surface area contributed by atoms with Gasteiger partial charge in [0.05, 0.1) is 17.7 Å². The monoisotopic (exact) mass is 352 g/mol. The predicted octanol–water partition coefficient (Wildman–Crippen LogP) is 4.46. The summed E-state index contributed by atoms with van der Waals surface area (Å²) in [6, 6.07) is 4.45. The van der Waals surface area contributed by atoms with Crippen LogP contribution in [0.1, 0.15) is 51.2 Å². The minimum absolute atomic E-state index is 0.0228. The zero-order chi connectivity index (χ0) is 15.4. The summed E-state index contributed by atoms with van der Waals surface area (Å²) in [5.41, 5.74) is 2.99. The van der Waals surface area contributed by atoms with Gasteiger partial charge in [-0.2, -0.15) is 0 Å². The maximum absolute atomic E-state index is 10.5. The van der Waals surface area contributed by atoms with E-state index in [9.17, 15) is 5.11 Å². The molecule has 1 saturated carbocycles. The smallest absolute Gasteiger partial charge is 0.133 e. The lowest BCUT2D eigenvalue weighted by Crippen LogP contribution is -2.53. The second-order valence-electron chi connectivity index (χ2n) is 7.53. The second kappa shape index (κ2) is 4.99. The zero-order valence-electron chi connectivity index (χ0n) is 13.4. The van der Waals surface area contributed by atoms with Gasteiger partial charge in [-0.1, -0.05) is 20.8 Å². The van der Waals surface area contributed by atoms with E-state index in [0.717, 1.165) is 35.9 Å². The van der Waals surface area contributed by atoms with Crippen molar-refractivity contribution in [2.75, 3.05) is 7.11 Å². The highest BCUT2D eigenvalue weighted by molar-refractivity contribution is 9.10. The standard InChI is InChI=1S/C18H25BrO2/c1-17(2)15-6-5-11-9-13(19)14(21-4)10-12(11)18(15,3)8-7-16(17)20/h9-10,15-16,20H,5-8H2,1-4H3. The van der Waals surface area contributed by atoms with Crippen molar-refractivity contribution in [1.82, 2.24) is 0 Å². The van der Waals surface area contributed by atoms with Crippen molar-refractivity contribution in [1.29, 1.82) is 0 Å². The van der Waals surface area contributed by atoms with E-state index >= 15 is 0 Å². The van der Waals surface area contributed by atoms with Crippen molar-refractivity contribution in [3.05, 3.63) is 27.7 Å². The van der Waals surface area contributed by atoms with Crippen LogP contribution in [0, 0.1) is 11.3 Å². The van der Waals surface area contributed by atoms with E-state index in [2.05, 4.69) is 48.8 Å². The number of aliphatic hydroxyl groups excluding tert-OH is 1. The fraction of sp³-hybridized carbons (Fsp3) is 0.667. The number of halogens is 1. The molecule has 0 saturated heterocycles. The highest BCUT2D eigenvalue weighted by atomic mass is 79.9. The molecule has 2 aliphatic rings. The van der Waals surface area contributed by atoms with Gasteiger partial charge in [0.1, 0.15) is 5.75 Å². The number of aliphatic hydroxyl groups is 1.